The Bertz CT molecular complexity index is 286. The minimum Gasteiger partial charge on any atom is -0.387 e. The summed E-state index contributed by atoms with van der Waals surface area (Å²) < 4.78 is 0. The minimum atomic E-state index is -0.467. The zero-order valence-electron chi connectivity index (χ0n) is 8.99. The second-order valence-corrected chi connectivity index (χ2v) is 3.73. The number of likely N-dealkylation sites (N-methyl/N-ethyl adjacent to an activating group) is 1. The van der Waals surface area contributed by atoms with Crippen molar-refractivity contribution in [3.05, 3.63) is 29.6 Å². The average molecular weight is 194 g/mol. The number of aliphatic hydroxyl groups excluding tert-OH is 1. The molecule has 0 amide bonds. The molecule has 3 heteroatoms. The van der Waals surface area contributed by atoms with Crippen molar-refractivity contribution < 1.29 is 5.11 Å². The fourth-order valence-electron chi connectivity index (χ4n) is 1.52. The lowest BCUT2D eigenvalue weighted by Gasteiger charge is -2.16. The molecular weight excluding hydrogens is 176 g/mol. The van der Waals surface area contributed by atoms with Gasteiger partial charge in [-0.05, 0) is 24.6 Å². The smallest absolute Gasteiger partial charge is 0.0931 e. The van der Waals surface area contributed by atoms with Crippen LogP contribution in [0.3, 0.4) is 0 Å². The quantitative estimate of drug-likeness (QED) is 0.762. The predicted octanol–water partition coefficient (Wildman–Crippen LogP) is 1.46. The Morgan fingerprint density at radius 2 is 2.14 bits per heavy atom. The van der Waals surface area contributed by atoms with Gasteiger partial charge < -0.3 is 10.4 Å². The molecule has 14 heavy (non-hydrogen) atoms. The fourth-order valence-corrected chi connectivity index (χ4v) is 1.52. The molecule has 0 saturated carbocycles. The lowest BCUT2D eigenvalue weighted by molar-refractivity contribution is 0.176. The Kier molecular flexibility index (Phi) is 4.04. The summed E-state index contributed by atoms with van der Waals surface area (Å²) in [5.41, 5.74) is 2.10. The molecule has 1 unspecified atom stereocenters. The first kappa shape index (κ1) is 11.1. The van der Waals surface area contributed by atoms with Crippen molar-refractivity contribution in [3.8, 4) is 0 Å². The summed E-state index contributed by atoms with van der Waals surface area (Å²) in [4.78, 5) is 4.04. The summed E-state index contributed by atoms with van der Waals surface area (Å²) in [6.07, 6.45) is 3.05. The number of pyridine rings is 1. The highest BCUT2D eigenvalue weighted by atomic mass is 16.3. The lowest BCUT2D eigenvalue weighted by Crippen LogP contribution is -2.18. The van der Waals surface area contributed by atoms with Crippen molar-refractivity contribution in [1.29, 1.82) is 0 Å². The van der Waals surface area contributed by atoms with E-state index >= 15 is 0 Å². The molecule has 0 aliphatic rings. The molecule has 1 aromatic heterocycles. The SMILES string of the molecule is CNCC(O)c1cnccc1C(C)C. The summed E-state index contributed by atoms with van der Waals surface area (Å²) in [6, 6.07) is 1.97. The van der Waals surface area contributed by atoms with E-state index < -0.39 is 6.10 Å². The van der Waals surface area contributed by atoms with E-state index in [0.29, 0.717) is 12.5 Å². The van der Waals surface area contributed by atoms with Crippen LogP contribution in [0.1, 0.15) is 37.0 Å². The number of rotatable bonds is 4. The molecule has 0 fully saturated rings. The number of aliphatic hydroxyl groups is 1. The lowest BCUT2D eigenvalue weighted by atomic mass is 9.96. The zero-order valence-corrected chi connectivity index (χ0v) is 8.99. The number of nitrogens with zero attached hydrogens (tertiary/aromatic N) is 1. The summed E-state index contributed by atoms with van der Waals surface area (Å²) in [5.74, 6) is 0.416. The van der Waals surface area contributed by atoms with E-state index in [1.54, 1.807) is 12.4 Å². The van der Waals surface area contributed by atoms with Crippen LogP contribution in [0.15, 0.2) is 18.5 Å². The second kappa shape index (κ2) is 5.08. The van der Waals surface area contributed by atoms with E-state index in [-0.39, 0.29) is 0 Å². The summed E-state index contributed by atoms with van der Waals surface area (Å²) >= 11 is 0. The van der Waals surface area contributed by atoms with Gasteiger partial charge in [0, 0.05) is 24.5 Å². The van der Waals surface area contributed by atoms with Gasteiger partial charge >= 0.3 is 0 Å². The molecule has 1 atom stereocenters. The summed E-state index contributed by atoms with van der Waals surface area (Å²) in [5, 5.41) is 12.8. The topological polar surface area (TPSA) is 45.1 Å². The molecule has 78 valence electrons. The van der Waals surface area contributed by atoms with Crippen LogP contribution in [0.5, 0.6) is 0 Å². The molecule has 1 rings (SSSR count). The van der Waals surface area contributed by atoms with E-state index in [1.165, 1.54) is 5.56 Å². The first-order chi connectivity index (χ1) is 6.66. The van der Waals surface area contributed by atoms with Gasteiger partial charge in [-0.25, -0.2) is 0 Å². The molecule has 3 nitrogen and oxygen atoms in total. The minimum absolute atomic E-state index is 0.416. The molecule has 1 heterocycles. The number of aromatic nitrogens is 1. The Labute approximate surface area is 85.2 Å². The molecule has 0 radical (unpaired) electrons. The van der Waals surface area contributed by atoms with Gasteiger partial charge in [-0.15, -0.1) is 0 Å². The first-order valence-electron chi connectivity index (χ1n) is 4.93. The highest BCUT2D eigenvalue weighted by Gasteiger charge is 2.13. The van der Waals surface area contributed by atoms with E-state index in [2.05, 4.69) is 24.1 Å². The summed E-state index contributed by atoms with van der Waals surface area (Å²) in [7, 11) is 1.83. The van der Waals surface area contributed by atoms with Crippen molar-refractivity contribution in [2.75, 3.05) is 13.6 Å². The monoisotopic (exact) mass is 194 g/mol. The highest BCUT2D eigenvalue weighted by Crippen LogP contribution is 2.23. The molecule has 0 aliphatic carbocycles. The van der Waals surface area contributed by atoms with Gasteiger partial charge in [0.2, 0.25) is 0 Å². The molecular formula is C11H18N2O. The molecule has 0 aromatic carbocycles. The maximum absolute atomic E-state index is 9.85. The Morgan fingerprint density at radius 1 is 1.43 bits per heavy atom. The van der Waals surface area contributed by atoms with Gasteiger partial charge in [-0.3, -0.25) is 4.98 Å². The summed E-state index contributed by atoms with van der Waals surface area (Å²) in [6.45, 7) is 4.79. The maximum Gasteiger partial charge on any atom is 0.0931 e. The van der Waals surface area contributed by atoms with Crippen LogP contribution in [0.4, 0.5) is 0 Å². The van der Waals surface area contributed by atoms with Gasteiger partial charge in [0.05, 0.1) is 6.10 Å². The predicted molar refractivity (Wildman–Crippen MR) is 57.2 cm³/mol. The number of nitrogens with one attached hydrogen (secondary N) is 1. The fraction of sp³-hybridized carbons (Fsp3) is 0.545. The van der Waals surface area contributed by atoms with E-state index in [9.17, 15) is 5.11 Å². The van der Waals surface area contributed by atoms with Crippen LogP contribution in [-0.2, 0) is 0 Å². The Morgan fingerprint density at radius 3 is 2.71 bits per heavy atom. The van der Waals surface area contributed by atoms with Crippen molar-refractivity contribution in [2.24, 2.45) is 0 Å². The molecule has 0 bridgehead atoms. The van der Waals surface area contributed by atoms with Gasteiger partial charge in [0.25, 0.3) is 0 Å². The molecule has 1 aromatic rings. The number of hydrogen-bond acceptors (Lipinski definition) is 3. The first-order valence-corrected chi connectivity index (χ1v) is 4.93. The van der Waals surface area contributed by atoms with Gasteiger partial charge in [-0.1, -0.05) is 13.8 Å². The van der Waals surface area contributed by atoms with Crippen LogP contribution >= 0.6 is 0 Å². The molecule has 2 N–H and O–H groups in total. The molecule has 0 spiro atoms. The van der Waals surface area contributed by atoms with Crippen molar-refractivity contribution in [2.45, 2.75) is 25.9 Å². The maximum atomic E-state index is 9.85. The van der Waals surface area contributed by atoms with Gasteiger partial charge in [0.1, 0.15) is 0 Å². The number of hydrogen-bond donors (Lipinski definition) is 2. The van der Waals surface area contributed by atoms with E-state index in [0.717, 1.165) is 5.56 Å². The van der Waals surface area contributed by atoms with Crippen LogP contribution in [0.2, 0.25) is 0 Å². The normalized spacial score (nSPS) is 13.2. The van der Waals surface area contributed by atoms with Crippen LogP contribution < -0.4 is 5.32 Å². The molecule has 0 saturated heterocycles. The van der Waals surface area contributed by atoms with E-state index in [4.69, 9.17) is 0 Å². The Balaban J connectivity index is 2.94. The average Bonchev–Trinajstić information content (AvgIpc) is 2.18. The third-order valence-corrected chi connectivity index (χ3v) is 2.27. The molecule has 0 aliphatic heterocycles. The standard InChI is InChI=1S/C11H18N2O/c1-8(2)9-4-5-13-6-10(9)11(14)7-12-3/h4-6,8,11-12,14H,7H2,1-3H3. The largest absolute Gasteiger partial charge is 0.387 e. The van der Waals surface area contributed by atoms with Crippen molar-refractivity contribution in [3.63, 3.8) is 0 Å². The second-order valence-electron chi connectivity index (χ2n) is 3.73. The third-order valence-electron chi connectivity index (χ3n) is 2.27. The van der Waals surface area contributed by atoms with E-state index in [1.807, 2.05) is 13.1 Å². The van der Waals surface area contributed by atoms with Crippen LogP contribution in [0.25, 0.3) is 0 Å². The third kappa shape index (κ3) is 2.53. The van der Waals surface area contributed by atoms with Crippen LogP contribution in [0, 0.1) is 0 Å². The zero-order chi connectivity index (χ0) is 10.6. The highest BCUT2D eigenvalue weighted by molar-refractivity contribution is 5.28. The van der Waals surface area contributed by atoms with Gasteiger partial charge in [0.15, 0.2) is 0 Å². The Hall–Kier alpha value is -0.930. The van der Waals surface area contributed by atoms with Crippen molar-refractivity contribution >= 4 is 0 Å². The van der Waals surface area contributed by atoms with Crippen molar-refractivity contribution in [1.82, 2.24) is 10.3 Å². The van der Waals surface area contributed by atoms with Gasteiger partial charge in [-0.2, -0.15) is 0 Å². The van der Waals surface area contributed by atoms with Crippen LogP contribution in [-0.4, -0.2) is 23.7 Å².